The normalized spacial score (nSPS) is 12.2. The lowest BCUT2D eigenvalue weighted by Crippen LogP contribution is -2.28. The van der Waals surface area contributed by atoms with E-state index in [2.05, 4.69) is 65.8 Å². The molecule has 1 heterocycles. The Morgan fingerprint density at radius 2 is 1.70 bits per heavy atom. The first-order valence-corrected chi connectivity index (χ1v) is 11.3. The minimum absolute atomic E-state index is 0.00799. The molecule has 0 bridgehead atoms. The number of amides is 1. The van der Waals surface area contributed by atoms with Gasteiger partial charge in [0, 0.05) is 13.5 Å². The van der Waals surface area contributed by atoms with Gasteiger partial charge in [-0.05, 0) is 36.0 Å². The van der Waals surface area contributed by atoms with Gasteiger partial charge >= 0.3 is 0 Å². The van der Waals surface area contributed by atoms with Gasteiger partial charge in [-0.15, -0.1) is 10.2 Å². The van der Waals surface area contributed by atoms with Crippen molar-refractivity contribution in [1.29, 1.82) is 0 Å². The summed E-state index contributed by atoms with van der Waals surface area (Å²) in [4.78, 5) is 12.4. The Hall–Kier alpha value is -2.60. The molecule has 5 nitrogen and oxygen atoms in total. The van der Waals surface area contributed by atoms with E-state index in [0.29, 0.717) is 11.7 Å². The third-order valence-electron chi connectivity index (χ3n) is 4.96. The van der Waals surface area contributed by atoms with Gasteiger partial charge in [0.25, 0.3) is 0 Å². The molecule has 0 spiro atoms. The van der Waals surface area contributed by atoms with Crippen molar-refractivity contribution in [3.8, 4) is 0 Å². The maximum absolute atomic E-state index is 12.4. The van der Waals surface area contributed by atoms with Crippen molar-refractivity contribution in [1.82, 2.24) is 20.1 Å². The molecule has 1 N–H and O–H groups in total. The molecule has 1 amide bonds. The van der Waals surface area contributed by atoms with Gasteiger partial charge in [-0.3, -0.25) is 4.79 Å². The van der Waals surface area contributed by atoms with E-state index in [9.17, 15) is 4.79 Å². The molecule has 30 heavy (non-hydrogen) atoms. The number of hydrogen-bond donors (Lipinski definition) is 1. The first kappa shape index (κ1) is 22.1. The quantitative estimate of drug-likeness (QED) is 0.513. The Kier molecular flexibility index (Phi) is 7.69. The molecule has 6 heteroatoms. The minimum Gasteiger partial charge on any atom is -0.349 e. The van der Waals surface area contributed by atoms with Crippen LogP contribution in [0, 0.1) is 5.92 Å². The Morgan fingerprint density at radius 1 is 1.00 bits per heavy atom. The smallest absolute Gasteiger partial charge is 0.230 e. The first-order valence-electron chi connectivity index (χ1n) is 10.4. The molecular formula is C24H30N4OS. The van der Waals surface area contributed by atoms with E-state index < -0.39 is 0 Å². The van der Waals surface area contributed by atoms with Crippen molar-refractivity contribution >= 4 is 17.7 Å². The lowest BCUT2D eigenvalue weighted by atomic mass is 10.00. The maximum atomic E-state index is 12.4. The van der Waals surface area contributed by atoms with E-state index >= 15 is 0 Å². The van der Waals surface area contributed by atoms with Crippen molar-refractivity contribution in [3.63, 3.8) is 0 Å². The van der Waals surface area contributed by atoms with Crippen LogP contribution in [-0.4, -0.2) is 26.4 Å². The fourth-order valence-corrected chi connectivity index (χ4v) is 4.05. The Bertz CT molecular complexity index is 951. The van der Waals surface area contributed by atoms with Crippen LogP contribution in [0.1, 0.15) is 49.3 Å². The van der Waals surface area contributed by atoms with Crippen LogP contribution in [-0.2, 0) is 24.7 Å². The molecule has 1 atom stereocenters. The number of thioether (sulfide) groups is 1. The summed E-state index contributed by atoms with van der Waals surface area (Å²) in [6.45, 7) is 6.45. The van der Waals surface area contributed by atoms with Crippen LogP contribution in [0.2, 0.25) is 0 Å². The van der Waals surface area contributed by atoms with E-state index in [1.165, 1.54) is 22.9 Å². The number of nitrogens with zero attached hydrogens (tertiary/aromatic N) is 3. The van der Waals surface area contributed by atoms with Gasteiger partial charge in [0.2, 0.25) is 5.91 Å². The van der Waals surface area contributed by atoms with Gasteiger partial charge in [-0.2, -0.15) is 0 Å². The fraction of sp³-hybridized carbons (Fsp3) is 0.375. The van der Waals surface area contributed by atoms with E-state index in [4.69, 9.17) is 0 Å². The fourth-order valence-electron chi connectivity index (χ4n) is 3.31. The summed E-state index contributed by atoms with van der Waals surface area (Å²) in [7, 11) is 1.94. The van der Waals surface area contributed by atoms with E-state index in [-0.39, 0.29) is 11.9 Å². The number of carbonyl (C=O) groups excluding carboxylic acids is 1. The second kappa shape index (κ2) is 10.4. The zero-order valence-corrected chi connectivity index (χ0v) is 18.9. The molecule has 0 radical (unpaired) electrons. The predicted octanol–water partition coefficient (Wildman–Crippen LogP) is 4.57. The second-order valence-corrected chi connectivity index (χ2v) is 8.98. The van der Waals surface area contributed by atoms with Crippen LogP contribution in [0.5, 0.6) is 0 Å². The van der Waals surface area contributed by atoms with Crippen molar-refractivity contribution in [2.45, 2.75) is 44.8 Å². The zero-order chi connectivity index (χ0) is 21.5. The van der Waals surface area contributed by atoms with E-state index in [1.54, 1.807) is 0 Å². The number of nitrogens with one attached hydrogen (secondary N) is 1. The number of hydrogen-bond acceptors (Lipinski definition) is 4. The molecule has 0 fully saturated rings. The molecule has 1 aromatic heterocycles. The van der Waals surface area contributed by atoms with Crippen LogP contribution in [0.15, 0.2) is 59.8 Å². The lowest BCUT2D eigenvalue weighted by Gasteiger charge is -2.15. The highest BCUT2D eigenvalue weighted by Crippen LogP contribution is 2.19. The van der Waals surface area contributed by atoms with E-state index in [1.807, 2.05) is 36.7 Å². The summed E-state index contributed by atoms with van der Waals surface area (Å²) in [6.07, 6.45) is 1.79. The number of aromatic nitrogens is 3. The summed E-state index contributed by atoms with van der Waals surface area (Å²) >= 11 is 1.41. The van der Waals surface area contributed by atoms with Crippen LogP contribution >= 0.6 is 11.8 Å². The van der Waals surface area contributed by atoms with E-state index in [0.717, 1.165) is 29.4 Å². The Labute approximate surface area is 183 Å². The molecule has 3 aromatic rings. The molecule has 1 unspecified atom stereocenters. The molecule has 3 rings (SSSR count). The average Bonchev–Trinajstić information content (AvgIpc) is 3.06. The number of benzene rings is 2. The summed E-state index contributed by atoms with van der Waals surface area (Å²) in [5.74, 6) is 1.83. The number of carbonyl (C=O) groups is 1. The molecular weight excluding hydrogens is 392 g/mol. The van der Waals surface area contributed by atoms with Crippen molar-refractivity contribution in [2.24, 2.45) is 13.0 Å². The molecule has 0 saturated heterocycles. The summed E-state index contributed by atoms with van der Waals surface area (Å²) < 4.78 is 1.96. The minimum atomic E-state index is -0.0284. The molecule has 158 valence electrons. The molecule has 0 aliphatic carbocycles. The van der Waals surface area contributed by atoms with Gasteiger partial charge < -0.3 is 9.88 Å². The first-order chi connectivity index (χ1) is 14.4. The standard InChI is InChI=1S/C24H30N4OS/c1-17(2)14-20-10-12-21(13-11-20)18(3)25-23(29)16-30-24-27-26-22(28(24)4)15-19-8-6-5-7-9-19/h5-13,17-18H,14-16H2,1-4H3,(H,25,29). The van der Waals surface area contributed by atoms with Crippen molar-refractivity contribution < 1.29 is 4.79 Å². The van der Waals surface area contributed by atoms with Crippen LogP contribution in [0.3, 0.4) is 0 Å². The maximum Gasteiger partial charge on any atom is 0.230 e. The monoisotopic (exact) mass is 422 g/mol. The Balaban J connectivity index is 1.51. The predicted molar refractivity (Wildman–Crippen MR) is 123 cm³/mol. The highest BCUT2D eigenvalue weighted by molar-refractivity contribution is 7.99. The Morgan fingerprint density at radius 3 is 2.37 bits per heavy atom. The average molecular weight is 423 g/mol. The number of rotatable bonds is 9. The summed E-state index contributed by atoms with van der Waals surface area (Å²) in [5, 5.41) is 12.4. The second-order valence-electron chi connectivity index (χ2n) is 8.04. The highest BCUT2D eigenvalue weighted by atomic mass is 32.2. The van der Waals surface area contributed by atoms with Crippen LogP contribution < -0.4 is 5.32 Å². The molecule has 0 aliphatic heterocycles. The zero-order valence-electron chi connectivity index (χ0n) is 18.1. The van der Waals surface area contributed by atoms with Gasteiger partial charge in [-0.1, -0.05) is 80.2 Å². The third-order valence-corrected chi connectivity index (χ3v) is 5.98. The summed E-state index contributed by atoms with van der Waals surface area (Å²) in [6, 6.07) is 18.7. The highest BCUT2D eigenvalue weighted by Gasteiger charge is 2.14. The largest absolute Gasteiger partial charge is 0.349 e. The molecule has 0 saturated carbocycles. The topological polar surface area (TPSA) is 59.8 Å². The molecule has 0 aliphatic rings. The SMILES string of the molecule is CC(C)Cc1ccc(C(C)NC(=O)CSc2nnc(Cc3ccccc3)n2C)cc1. The van der Waals surface area contributed by atoms with Crippen LogP contribution in [0.4, 0.5) is 0 Å². The molecule has 2 aromatic carbocycles. The van der Waals surface area contributed by atoms with Gasteiger partial charge in [0.05, 0.1) is 11.8 Å². The van der Waals surface area contributed by atoms with Gasteiger partial charge in [0.15, 0.2) is 5.16 Å². The van der Waals surface area contributed by atoms with Gasteiger partial charge in [-0.25, -0.2) is 0 Å². The summed E-state index contributed by atoms with van der Waals surface area (Å²) in [5.41, 5.74) is 3.64. The van der Waals surface area contributed by atoms with Gasteiger partial charge in [0.1, 0.15) is 5.82 Å². The van der Waals surface area contributed by atoms with Crippen LogP contribution in [0.25, 0.3) is 0 Å². The van der Waals surface area contributed by atoms with Crippen molar-refractivity contribution in [3.05, 3.63) is 77.1 Å². The lowest BCUT2D eigenvalue weighted by molar-refractivity contribution is -0.119. The third kappa shape index (κ3) is 6.20. The van der Waals surface area contributed by atoms with Crippen molar-refractivity contribution in [2.75, 3.05) is 5.75 Å².